The van der Waals surface area contributed by atoms with Gasteiger partial charge in [-0.15, -0.1) is 0 Å². The second kappa shape index (κ2) is 10.6. The molecule has 31 heavy (non-hydrogen) atoms. The summed E-state index contributed by atoms with van der Waals surface area (Å²) in [6, 6.07) is 20.1. The predicted octanol–water partition coefficient (Wildman–Crippen LogP) is 5.41. The van der Waals surface area contributed by atoms with E-state index in [2.05, 4.69) is 18.0 Å². The van der Waals surface area contributed by atoms with Gasteiger partial charge in [0.25, 0.3) is 0 Å². The number of unbranched alkanes of at least 4 members (excludes halogenated alkanes) is 1. The topological polar surface area (TPSA) is 91.9 Å². The van der Waals surface area contributed by atoms with Crippen LogP contribution in [0, 0.1) is 11.3 Å². The number of nitriles is 1. The van der Waals surface area contributed by atoms with E-state index >= 15 is 0 Å². The van der Waals surface area contributed by atoms with Crippen LogP contribution in [-0.2, 0) is 0 Å². The number of esters is 1. The Hall–Kier alpha value is -4.11. The maximum Gasteiger partial charge on any atom is 0.343 e. The van der Waals surface area contributed by atoms with Crippen LogP contribution in [0.1, 0.15) is 41.3 Å². The van der Waals surface area contributed by atoms with Gasteiger partial charge < -0.3 is 14.6 Å². The number of nitrogens with zero attached hydrogens (tertiary/aromatic N) is 2. The minimum absolute atomic E-state index is 0.0786. The van der Waals surface area contributed by atoms with Crippen LogP contribution in [0.25, 0.3) is 0 Å². The highest BCUT2D eigenvalue weighted by molar-refractivity contribution is 5.91. The summed E-state index contributed by atoms with van der Waals surface area (Å²) >= 11 is 0. The highest BCUT2D eigenvalue weighted by Crippen LogP contribution is 2.24. The van der Waals surface area contributed by atoms with E-state index in [0.717, 1.165) is 12.8 Å². The number of phenols is 1. The van der Waals surface area contributed by atoms with E-state index in [1.807, 2.05) is 0 Å². The standard InChI is InChI=1S/C25H22N2O4/c1-2-3-13-30-22-10-7-19(8-11-22)25(29)31-23-12-9-20(24(28)15-23)17-27-21-6-4-5-18(14-21)16-26/h4-12,14-15,17,28H,2-3,13H2,1H3. The van der Waals surface area contributed by atoms with Crippen LogP contribution in [0.2, 0.25) is 0 Å². The lowest BCUT2D eigenvalue weighted by atomic mass is 10.2. The number of carbonyl (C=O) groups excluding carboxylic acids is 1. The van der Waals surface area contributed by atoms with Crippen LogP contribution in [0.3, 0.4) is 0 Å². The highest BCUT2D eigenvalue weighted by Gasteiger charge is 2.10. The lowest BCUT2D eigenvalue weighted by Gasteiger charge is -2.08. The third kappa shape index (κ3) is 6.18. The van der Waals surface area contributed by atoms with Crippen molar-refractivity contribution in [3.05, 3.63) is 83.4 Å². The van der Waals surface area contributed by atoms with Crippen LogP contribution in [0.15, 0.2) is 71.7 Å². The van der Waals surface area contributed by atoms with Crippen LogP contribution in [0.5, 0.6) is 17.2 Å². The molecule has 1 N–H and O–H groups in total. The molecule has 0 fully saturated rings. The molecule has 0 heterocycles. The van der Waals surface area contributed by atoms with Gasteiger partial charge >= 0.3 is 5.97 Å². The predicted molar refractivity (Wildman–Crippen MR) is 118 cm³/mol. The van der Waals surface area contributed by atoms with E-state index in [1.165, 1.54) is 12.3 Å². The molecule has 0 aliphatic heterocycles. The second-order valence-corrected chi connectivity index (χ2v) is 6.76. The van der Waals surface area contributed by atoms with Gasteiger partial charge in [-0.1, -0.05) is 19.4 Å². The van der Waals surface area contributed by atoms with Gasteiger partial charge in [-0.05, 0) is 61.0 Å². The molecule has 0 saturated carbocycles. The molecule has 0 amide bonds. The number of rotatable bonds is 8. The van der Waals surface area contributed by atoms with E-state index in [0.29, 0.717) is 34.7 Å². The zero-order chi connectivity index (χ0) is 22.1. The molecule has 0 radical (unpaired) electrons. The zero-order valence-corrected chi connectivity index (χ0v) is 17.1. The monoisotopic (exact) mass is 414 g/mol. The molecule has 6 heteroatoms. The molecule has 3 aromatic carbocycles. The molecular weight excluding hydrogens is 392 g/mol. The van der Waals surface area contributed by atoms with Crippen molar-refractivity contribution in [2.75, 3.05) is 6.61 Å². The number of phenolic OH excluding ortho intramolecular Hbond substituents is 1. The molecule has 0 saturated heterocycles. The van der Waals surface area contributed by atoms with Gasteiger partial charge in [0.15, 0.2) is 0 Å². The summed E-state index contributed by atoms with van der Waals surface area (Å²) in [6.45, 7) is 2.73. The van der Waals surface area contributed by atoms with E-state index in [1.54, 1.807) is 60.7 Å². The van der Waals surface area contributed by atoms with Crippen LogP contribution < -0.4 is 9.47 Å². The highest BCUT2D eigenvalue weighted by atomic mass is 16.5. The van der Waals surface area contributed by atoms with Gasteiger partial charge in [-0.3, -0.25) is 4.99 Å². The summed E-state index contributed by atoms with van der Waals surface area (Å²) in [5.41, 5.74) is 1.93. The van der Waals surface area contributed by atoms with E-state index in [4.69, 9.17) is 14.7 Å². The summed E-state index contributed by atoms with van der Waals surface area (Å²) in [5, 5.41) is 19.2. The first-order valence-corrected chi connectivity index (χ1v) is 9.91. The van der Waals surface area contributed by atoms with E-state index in [-0.39, 0.29) is 11.5 Å². The average Bonchev–Trinajstić information content (AvgIpc) is 2.79. The Kier molecular flexibility index (Phi) is 7.39. The third-order valence-electron chi connectivity index (χ3n) is 4.40. The zero-order valence-electron chi connectivity index (χ0n) is 17.1. The summed E-state index contributed by atoms with van der Waals surface area (Å²) in [7, 11) is 0. The second-order valence-electron chi connectivity index (χ2n) is 6.76. The number of hydrogen-bond acceptors (Lipinski definition) is 6. The van der Waals surface area contributed by atoms with Crippen molar-refractivity contribution in [2.45, 2.75) is 19.8 Å². The quantitative estimate of drug-likeness (QED) is 0.230. The van der Waals surface area contributed by atoms with Crippen molar-refractivity contribution in [3.8, 4) is 23.3 Å². The summed E-state index contributed by atoms with van der Waals surface area (Å²) < 4.78 is 10.9. The lowest BCUT2D eigenvalue weighted by Crippen LogP contribution is -2.08. The van der Waals surface area contributed by atoms with Gasteiger partial charge in [0.05, 0.1) is 29.5 Å². The fourth-order valence-electron chi connectivity index (χ4n) is 2.68. The number of carbonyl (C=O) groups is 1. The number of benzene rings is 3. The summed E-state index contributed by atoms with van der Waals surface area (Å²) in [4.78, 5) is 16.6. The van der Waals surface area contributed by atoms with E-state index in [9.17, 15) is 9.90 Å². The van der Waals surface area contributed by atoms with Gasteiger partial charge in [-0.25, -0.2) is 4.79 Å². The first kappa shape index (κ1) is 21.6. The molecule has 3 rings (SSSR count). The molecule has 0 aliphatic rings. The average molecular weight is 414 g/mol. The minimum Gasteiger partial charge on any atom is -0.507 e. The normalized spacial score (nSPS) is 10.6. The fourth-order valence-corrected chi connectivity index (χ4v) is 2.68. The molecular formula is C25H22N2O4. The van der Waals surface area contributed by atoms with Crippen molar-refractivity contribution in [2.24, 2.45) is 4.99 Å². The van der Waals surface area contributed by atoms with Gasteiger partial charge in [0.2, 0.25) is 0 Å². The molecule has 0 unspecified atom stereocenters. The number of aliphatic imine (C=N–C) groups is 1. The molecule has 0 spiro atoms. The number of aromatic hydroxyl groups is 1. The molecule has 0 bridgehead atoms. The van der Waals surface area contributed by atoms with Crippen LogP contribution in [-0.4, -0.2) is 23.9 Å². The Balaban J connectivity index is 1.63. The van der Waals surface area contributed by atoms with Crippen molar-refractivity contribution in [1.82, 2.24) is 0 Å². The first-order valence-electron chi connectivity index (χ1n) is 9.91. The number of hydrogen-bond donors (Lipinski definition) is 1. The molecule has 0 atom stereocenters. The van der Waals surface area contributed by atoms with Gasteiger partial charge in [0.1, 0.15) is 17.2 Å². The Labute approximate surface area is 181 Å². The Morgan fingerprint density at radius 2 is 1.87 bits per heavy atom. The maximum atomic E-state index is 12.4. The SMILES string of the molecule is CCCCOc1ccc(C(=O)Oc2ccc(C=Nc3cccc(C#N)c3)c(O)c2)cc1. The Morgan fingerprint density at radius 1 is 1.10 bits per heavy atom. The molecule has 0 aromatic heterocycles. The molecule has 156 valence electrons. The molecule has 0 aliphatic carbocycles. The first-order chi connectivity index (χ1) is 15.1. The molecule has 6 nitrogen and oxygen atoms in total. The van der Waals surface area contributed by atoms with Crippen molar-refractivity contribution >= 4 is 17.9 Å². The van der Waals surface area contributed by atoms with Gasteiger partial charge in [0, 0.05) is 17.8 Å². The van der Waals surface area contributed by atoms with Crippen LogP contribution >= 0.6 is 0 Å². The van der Waals surface area contributed by atoms with Crippen LogP contribution in [0.4, 0.5) is 5.69 Å². The van der Waals surface area contributed by atoms with Gasteiger partial charge in [-0.2, -0.15) is 5.26 Å². The number of ether oxygens (including phenoxy) is 2. The van der Waals surface area contributed by atoms with E-state index < -0.39 is 5.97 Å². The van der Waals surface area contributed by atoms with Crippen molar-refractivity contribution < 1.29 is 19.4 Å². The molecule has 3 aromatic rings. The fraction of sp³-hybridized carbons (Fsp3) is 0.160. The summed E-state index contributed by atoms with van der Waals surface area (Å²) in [6.07, 6.45) is 3.51. The largest absolute Gasteiger partial charge is 0.507 e. The van der Waals surface area contributed by atoms with Crippen molar-refractivity contribution in [3.63, 3.8) is 0 Å². The lowest BCUT2D eigenvalue weighted by molar-refractivity contribution is 0.0734. The minimum atomic E-state index is -0.533. The van der Waals surface area contributed by atoms with Crippen molar-refractivity contribution in [1.29, 1.82) is 5.26 Å². The Bertz CT molecular complexity index is 1120. The third-order valence-corrected chi connectivity index (χ3v) is 4.40. The summed E-state index contributed by atoms with van der Waals surface area (Å²) in [5.74, 6) is 0.306. The smallest absolute Gasteiger partial charge is 0.343 e. The Morgan fingerprint density at radius 3 is 2.58 bits per heavy atom. The maximum absolute atomic E-state index is 12.4.